The lowest BCUT2D eigenvalue weighted by Crippen LogP contribution is -1.80. The second-order valence-corrected chi connectivity index (χ2v) is 4.11. The summed E-state index contributed by atoms with van der Waals surface area (Å²) in [4.78, 5) is 11.7. The number of hydrogen-bond donors (Lipinski definition) is 0. The Bertz CT molecular complexity index is 260. The van der Waals surface area contributed by atoms with Gasteiger partial charge in [-0.2, -0.15) is 0 Å². The molecule has 1 heterocycles. The average Bonchev–Trinajstić information content (AvgIpc) is 2.68. The van der Waals surface area contributed by atoms with Gasteiger partial charge < -0.3 is 0 Å². The number of carbonyl (C=O) groups is 1. The molecule has 0 bridgehead atoms. The van der Waals surface area contributed by atoms with Crippen LogP contribution in [-0.4, -0.2) is 6.29 Å². The predicted molar refractivity (Wildman–Crippen MR) is 46.1 cm³/mol. The van der Waals surface area contributed by atoms with Crippen LogP contribution in [0.4, 0.5) is 0 Å². The maximum Gasteiger partial charge on any atom is 0.150 e. The summed E-state index contributed by atoms with van der Waals surface area (Å²) in [5.74, 6) is 0.924. The van der Waals surface area contributed by atoms with Gasteiger partial charge in [0.2, 0.25) is 0 Å². The summed E-state index contributed by atoms with van der Waals surface area (Å²) in [5.41, 5.74) is 0.839. The van der Waals surface area contributed by atoms with E-state index in [2.05, 4.69) is 0 Å². The van der Waals surface area contributed by atoms with Crippen LogP contribution >= 0.6 is 11.3 Å². The van der Waals surface area contributed by atoms with Gasteiger partial charge in [-0.05, 0) is 31.2 Å². The van der Waals surface area contributed by atoms with Crippen molar-refractivity contribution < 1.29 is 4.79 Å². The molecule has 1 aliphatic carbocycles. The van der Waals surface area contributed by atoms with Crippen LogP contribution < -0.4 is 0 Å². The van der Waals surface area contributed by atoms with Crippen LogP contribution in [0.3, 0.4) is 0 Å². The Morgan fingerprint density at radius 2 is 2.45 bits per heavy atom. The van der Waals surface area contributed by atoms with Gasteiger partial charge in [0.05, 0.1) is 0 Å². The molecular weight excluding hydrogens is 156 g/mol. The monoisotopic (exact) mass is 166 g/mol. The molecule has 1 aliphatic rings. The largest absolute Gasteiger partial charge is 0.298 e. The summed E-state index contributed by atoms with van der Waals surface area (Å²) in [6, 6.07) is 2.01. The summed E-state index contributed by atoms with van der Waals surface area (Å²) in [6.45, 7) is 0. The molecule has 0 radical (unpaired) electrons. The molecule has 1 aromatic rings. The molecule has 1 aromatic heterocycles. The molecular formula is C9H10OS. The zero-order chi connectivity index (χ0) is 7.68. The average molecular weight is 166 g/mol. The Hall–Kier alpha value is -0.630. The SMILES string of the molecule is O=Cc1csc(CC2CC2)c1. The summed E-state index contributed by atoms with van der Waals surface area (Å²) in [7, 11) is 0. The highest BCUT2D eigenvalue weighted by Gasteiger charge is 2.21. The van der Waals surface area contributed by atoms with E-state index in [0.29, 0.717) is 0 Å². The third-order valence-corrected chi connectivity index (χ3v) is 2.97. The Labute approximate surface area is 70.1 Å². The van der Waals surface area contributed by atoms with E-state index in [4.69, 9.17) is 0 Å². The molecule has 0 aliphatic heterocycles. The minimum atomic E-state index is 0.839. The maximum atomic E-state index is 10.3. The quantitative estimate of drug-likeness (QED) is 0.630. The maximum absolute atomic E-state index is 10.3. The topological polar surface area (TPSA) is 17.1 Å². The van der Waals surface area contributed by atoms with Gasteiger partial charge in [-0.3, -0.25) is 4.79 Å². The van der Waals surface area contributed by atoms with Gasteiger partial charge in [-0.1, -0.05) is 0 Å². The molecule has 0 saturated heterocycles. The van der Waals surface area contributed by atoms with Crippen molar-refractivity contribution in [2.24, 2.45) is 5.92 Å². The van der Waals surface area contributed by atoms with Gasteiger partial charge in [0.25, 0.3) is 0 Å². The highest BCUT2D eigenvalue weighted by atomic mass is 32.1. The van der Waals surface area contributed by atoms with Crippen molar-refractivity contribution in [2.75, 3.05) is 0 Å². The third-order valence-electron chi connectivity index (χ3n) is 2.00. The first-order valence-electron chi connectivity index (χ1n) is 3.91. The van der Waals surface area contributed by atoms with Gasteiger partial charge in [-0.25, -0.2) is 0 Å². The van der Waals surface area contributed by atoms with Crippen molar-refractivity contribution in [3.05, 3.63) is 21.9 Å². The van der Waals surface area contributed by atoms with E-state index in [9.17, 15) is 4.79 Å². The summed E-state index contributed by atoms with van der Waals surface area (Å²) < 4.78 is 0. The molecule has 1 fully saturated rings. The van der Waals surface area contributed by atoms with Crippen LogP contribution in [0, 0.1) is 5.92 Å². The van der Waals surface area contributed by atoms with Crippen LogP contribution in [0.2, 0.25) is 0 Å². The molecule has 1 nitrogen and oxygen atoms in total. The lowest BCUT2D eigenvalue weighted by Gasteiger charge is -1.88. The van der Waals surface area contributed by atoms with Crippen molar-refractivity contribution in [1.82, 2.24) is 0 Å². The van der Waals surface area contributed by atoms with Crippen molar-refractivity contribution in [2.45, 2.75) is 19.3 Å². The van der Waals surface area contributed by atoms with Crippen LogP contribution in [0.25, 0.3) is 0 Å². The molecule has 0 amide bonds. The van der Waals surface area contributed by atoms with Gasteiger partial charge in [-0.15, -0.1) is 11.3 Å². The fourth-order valence-corrected chi connectivity index (χ4v) is 2.12. The smallest absolute Gasteiger partial charge is 0.150 e. The Kier molecular flexibility index (Phi) is 1.78. The van der Waals surface area contributed by atoms with E-state index in [1.54, 1.807) is 11.3 Å². The first-order valence-corrected chi connectivity index (χ1v) is 4.79. The number of aldehydes is 1. The van der Waals surface area contributed by atoms with Crippen molar-refractivity contribution in [3.8, 4) is 0 Å². The van der Waals surface area contributed by atoms with E-state index in [-0.39, 0.29) is 0 Å². The second-order valence-electron chi connectivity index (χ2n) is 3.11. The van der Waals surface area contributed by atoms with Crippen molar-refractivity contribution in [3.63, 3.8) is 0 Å². The molecule has 0 aromatic carbocycles. The highest BCUT2D eigenvalue weighted by Crippen LogP contribution is 2.34. The standard InChI is InChI=1S/C9H10OS/c10-5-8-4-9(11-6-8)3-7-1-2-7/h4-7H,1-3H2. The molecule has 2 rings (SSSR count). The number of hydrogen-bond acceptors (Lipinski definition) is 2. The minimum Gasteiger partial charge on any atom is -0.298 e. The molecule has 0 unspecified atom stereocenters. The van der Waals surface area contributed by atoms with E-state index in [0.717, 1.165) is 17.8 Å². The molecule has 0 spiro atoms. The van der Waals surface area contributed by atoms with E-state index >= 15 is 0 Å². The number of rotatable bonds is 3. The Morgan fingerprint density at radius 1 is 1.64 bits per heavy atom. The second kappa shape index (κ2) is 2.78. The van der Waals surface area contributed by atoms with Gasteiger partial charge >= 0.3 is 0 Å². The van der Waals surface area contributed by atoms with Gasteiger partial charge in [0.1, 0.15) is 0 Å². The lowest BCUT2D eigenvalue weighted by atomic mass is 10.2. The van der Waals surface area contributed by atoms with Crippen LogP contribution in [0.1, 0.15) is 28.1 Å². The minimum absolute atomic E-state index is 0.839. The predicted octanol–water partition coefficient (Wildman–Crippen LogP) is 2.51. The van der Waals surface area contributed by atoms with Gasteiger partial charge in [0, 0.05) is 15.8 Å². The molecule has 11 heavy (non-hydrogen) atoms. The Balaban J connectivity index is 2.05. The van der Waals surface area contributed by atoms with E-state index < -0.39 is 0 Å². The lowest BCUT2D eigenvalue weighted by molar-refractivity contribution is 0.112. The van der Waals surface area contributed by atoms with Crippen molar-refractivity contribution >= 4 is 17.6 Å². The first-order chi connectivity index (χ1) is 5.38. The zero-order valence-corrected chi connectivity index (χ0v) is 7.06. The first kappa shape index (κ1) is 7.04. The molecule has 58 valence electrons. The number of thiophene rings is 1. The number of carbonyl (C=O) groups excluding carboxylic acids is 1. The zero-order valence-electron chi connectivity index (χ0n) is 6.25. The van der Waals surface area contributed by atoms with Crippen LogP contribution in [0.15, 0.2) is 11.4 Å². The summed E-state index contributed by atoms with van der Waals surface area (Å²) in [5, 5.41) is 1.94. The van der Waals surface area contributed by atoms with Crippen molar-refractivity contribution in [1.29, 1.82) is 0 Å². The molecule has 0 N–H and O–H groups in total. The van der Waals surface area contributed by atoms with Crippen LogP contribution in [-0.2, 0) is 6.42 Å². The third kappa shape index (κ3) is 1.69. The molecule has 2 heteroatoms. The fraction of sp³-hybridized carbons (Fsp3) is 0.444. The molecule has 0 atom stereocenters. The van der Waals surface area contributed by atoms with E-state index in [1.165, 1.54) is 24.1 Å². The normalized spacial score (nSPS) is 16.7. The van der Waals surface area contributed by atoms with Crippen LogP contribution in [0.5, 0.6) is 0 Å². The molecule has 1 saturated carbocycles. The van der Waals surface area contributed by atoms with E-state index in [1.807, 2.05) is 11.4 Å². The summed E-state index contributed by atoms with van der Waals surface area (Å²) in [6.07, 6.45) is 4.88. The highest BCUT2D eigenvalue weighted by molar-refractivity contribution is 7.10. The van der Waals surface area contributed by atoms with Gasteiger partial charge in [0.15, 0.2) is 6.29 Å². The Morgan fingerprint density at radius 3 is 3.00 bits per heavy atom. The summed E-state index contributed by atoms with van der Waals surface area (Å²) >= 11 is 1.71. The fourth-order valence-electron chi connectivity index (χ4n) is 1.17.